The smallest absolute Gasteiger partial charge is 0.279 e. The predicted octanol–water partition coefficient (Wildman–Crippen LogP) is 0.428. The monoisotopic (exact) mass is 233 g/mol. The van der Waals surface area contributed by atoms with Crippen molar-refractivity contribution in [1.82, 2.24) is 14.7 Å². The number of hydrogen-bond donors (Lipinski definition) is 1. The zero-order valence-electron chi connectivity index (χ0n) is 9.18. The second-order valence-corrected chi connectivity index (χ2v) is 5.69. The van der Waals surface area contributed by atoms with Crippen LogP contribution in [0.4, 0.5) is 0 Å². The molecule has 0 amide bonds. The molecule has 0 bridgehead atoms. The Hall–Kier alpha value is -0.920. The first kappa shape index (κ1) is 12.2. The highest BCUT2D eigenvalue weighted by Gasteiger charge is 2.21. The fourth-order valence-corrected chi connectivity index (χ4v) is 1.93. The number of nitrogens with zero attached hydrogens (tertiary/aromatic N) is 2. The molecule has 0 aliphatic rings. The molecule has 0 aromatic carbocycles. The molecule has 1 N–H and O–H groups in total. The van der Waals surface area contributed by atoms with E-state index in [1.54, 1.807) is 27.8 Å². The molecule has 0 spiro atoms. The summed E-state index contributed by atoms with van der Waals surface area (Å²) < 4.78 is 24.6. The molecule has 1 aromatic heterocycles. The van der Waals surface area contributed by atoms with Gasteiger partial charge in [-0.1, -0.05) is 4.89 Å². The van der Waals surface area contributed by atoms with Gasteiger partial charge >= 0.3 is 0 Å². The van der Waals surface area contributed by atoms with Crippen LogP contribution in [0.1, 0.15) is 20.8 Å². The molecule has 15 heavy (non-hydrogen) atoms. The largest absolute Gasteiger partial charge is 0.281 e. The van der Waals surface area contributed by atoms with Crippen LogP contribution >= 0.6 is 0 Å². The number of sulfonamides is 1. The summed E-state index contributed by atoms with van der Waals surface area (Å²) in [6.07, 6.45) is 1.41. The number of hydrogen-bond acceptors (Lipinski definition) is 4. The Morgan fingerprint density at radius 3 is 2.47 bits per heavy atom. The molecule has 6 nitrogen and oxygen atoms in total. The molecule has 0 aliphatic heterocycles. The third kappa shape index (κ3) is 3.29. The van der Waals surface area contributed by atoms with Gasteiger partial charge < -0.3 is 0 Å². The molecule has 86 valence electrons. The van der Waals surface area contributed by atoms with Crippen molar-refractivity contribution in [2.45, 2.75) is 31.4 Å². The highest BCUT2D eigenvalue weighted by Crippen LogP contribution is 2.09. The average Bonchev–Trinajstić information content (AvgIpc) is 2.47. The van der Waals surface area contributed by atoms with Crippen LogP contribution in [0.3, 0.4) is 0 Å². The predicted molar refractivity (Wildman–Crippen MR) is 54.4 cm³/mol. The zero-order valence-corrected chi connectivity index (χ0v) is 10.00. The van der Waals surface area contributed by atoms with E-state index >= 15 is 0 Å². The SMILES string of the molecule is Cn1nccc1S(=O)(=O)NOC(C)(C)C. The summed E-state index contributed by atoms with van der Waals surface area (Å²) in [6.45, 7) is 5.25. The third-order valence-corrected chi connectivity index (χ3v) is 2.76. The Balaban J connectivity index is 2.82. The maximum atomic E-state index is 11.7. The van der Waals surface area contributed by atoms with Gasteiger partial charge in [0.05, 0.1) is 11.8 Å². The normalized spacial score (nSPS) is 13.1. The van der Waals surface area contributed by atoms with Crippen molar-refractivity contribution in [1.29, 1.82) is 0 Å². The number of rotatable bonds is 3. The average molecular weight is 233 g/mol. The lowest BCUT2D eigenvalue weighted by Crippen LogP contribution is -2.34. The minimum Gasteiger partial charge on any atom is -0.281 e. The first-order valence-corrected chi connectivity index (χ1v) is 5.88. The Morgan fingerprint density at radius 2 is 2.07 bits per heavy atom. The van der Waals surface area contributed by atoms with Crippen molar-refractivity contribution in [3.63, 3.8) is 0 Å². The summed E-state index contributed by atoms with van der Waals surface area (Å²) in [5.41, 5.74) is -0.578. The second kappa shape index (κ2) is 3.92. The van der Waals surface area contributed by atoms with Crippen molar-refractivity contribution in [3.8, 4) is 0 Å². The highest BCUT2D eigenvalue weighted by molar-refractivity contribution is 7.89. The molecule has 0 saturated carbocycles. The Labute approximate surface area is 89.2 Å². The van der Waals surface area contributed by atoms with E-state index in [9.17, 15) is 8.42 Å². The number of aryl methyl sites for hydroxylation is 1. The van der Waals surface area contributed by atoms with Gasteiger partial charge in [-0.05, 0) is 26.8 Å². The van der Waals surface area contributed by atoms with Gasteiger partial charge in [0.25, 0.3) is 10.0 Å². The van der Waals surface area contributed by atoms with Crippen molar-refractivity contribution in [2.75, 3.05) is 0 Å². The maximum absolute atomic E-state index is 11.7. The standard InChI is InChI=1S/C8H15N3O3S/c1-8(2,3)14-10-15(12,13)7-5-6-9-11(7)4/h5-6,10H,1-4H3. The van der Waals surface area contributed by atoms with Gasteiger partial charge in [0, 0.05) is 7.05 Å². The Morgan fingerprint density at radius 1 is 1.47 bits per heavy atom. The van der Waals surface area contributed by atoms with Crippen LogP contribution in [0.5, 0.6) is 0 Å². The molecule has 0 aliphatic carbocycles. The number of nitrogens with one attached hydrogen (secondary N) is 1. The number of aromatic nitrogens is 2. The van der Waals surface area contributed by atoms with Crippen molar-refractivity contribution in [2.24, 2.45) is 7.05 Å². The van der Waals surface area contributed by atoms with E-state index in [2.05, 4.69) is 9.98 Å². The Kier molecular flexibility index (Phi) is 3.17. The second-order valence-electron chi connectivity index (χ2n) is 4.09. The minimum atomic E-state index is -3.65. The van der Waals surface area contributed by atoms with Crippen LogP contribution in [0.25, 0.3) is 0 Å². The van der Waals surface area contributed by atoms with E-state index in [0.29, 0.717) is 0 Å². The van der Waals surface area contributed by atoms with Crippen LogP contribution in [0, 0.1) is 0 Å². The van der Waals surface area contributed by atoms with Crippen LogP contribution in [-0.2, 0) is 21.9 Å². The van der Waals surface area contributed by atoms with E-state index in [1.807, 2.05) is 0 Å². The van der Waals surface area contributed by atoms with E-state index in [-0.39, 0.29) is 5.03 Å². The van der Waals surface area contributed by atoms with Crippen LogP contribution in [0.15, 0.2) is 17.3 Å². The van der Waals surface area contributed by atoms with Crippen LogP contribution in [0.2, 0.25) is 0 Å². The summed E-state index contributed by atoms with van der Waals surface area (Å²) in [5, 5.41) is 3.83. The lowest BCUT2D eigenvalue weighted by molar-refractivity contribution is -0.0359. The van der Waals surface area contributed by atoms with E-state index in [4.69, 9.17) is 4.84 Å². The molecular weight excluding hydrogens is 218 g/mol. The van der Waals surface area contributed by atoms with E-state index < -0.39 is 15.6 Å². The molecule has 0 saturated heterocycles. The van der Waals surface area contributed by atoms with Gasteiger partial charge in [0.15, 0.2) is 5.03 Å². The van der Waals surface area contributed by atoms with Crippen LogP contribution < -0.4 is 4.89 Å². The fourth-order valence-electron chi connectivity index (χ4n) is 0.848. The van der Waals surface area contributed by atoms with E-state index in [0.717, 1.165) is 0 Å². The molecule has 0 atom stereocenters. The van der Waals surface area contributed by atoms with Crippen molar-refractivity contribution in [3.05, 3.63) is 12.3 Å². The van der Waals surface area contributed by atoms with Crippen molar-refractivity contribution >= 4 is 10.0 Å². The topological polar surface area (TPSA) is 73.2 Å². The molecule has 0 unspecified atom stereocenters. The maximum Gasteiger partial charge on any atom is 0.279 e. The molecule has 1 heterocycles. The van der Waals surface area contributed by atoms with Gasteiger partial charge in [-0.3, -0.25) is 9.52 Å². The summed E-state index contributed by atoms with van der Waals surface area (Å²) in [4.78, 5) is 7.05. The molecule has 0 radical (unpaired) electrons. The van der Waals surface area contributed by atoms with Gasteiger partial charge in [0.2, 0.25) is 0 Å². The van der Waals surface area contributed by atoms with Gasteiger partial charge in [-0.25, -0.2) is 8.42 Å². The molecule has 1 aromatic rings. The first-order valence-electron chi connectivity index (χ1n) is 4.40. The minimum absolute atomic E-state index is 0.0618. The first-order chi connectivity index (χ1) is 6.72. The van der Waals surface area contributed by atoms with Gasteiger partial charge in [0.1, 0.15) is 0 Å². The van der Waals surface area contributed by atoms with Crippen LogP contribution in [-0.4, -0.2) is 23.8 Å². The zero-order chi connectivity index (χ0) is 11.7. The van der Waals surface area contributed by atoms with Gasteiger partial charge in [-0.15, -0.1) is 0 Å². The summed E-state index contributed by atoms with van der Waals surface area (Å²) >= 11 is 0. The quantitative estimate of drug-likeness (QED) is 0.768. The molecule has 1 rings (SSSR count). The fraction of sp³-hybridized carbons (Fsp3) is 0.625. The summed E-state index contributed by atoms with van der Waals surface area (Å²) in [7, 11) is -2.11. The Bertz CT molecular complexity index is 430. The molecular formula is C8H15N3O3S. The van der Waals surface area contributed by atoms with E-state index in [1.165, 1.54) is 16.9 Å². The molecule has 0 fully saturated rings. The summed E-state index contributed by atoms with van der Waals surface area (Å²) in [6, 6.07) is 1.40. The highest BCUT2D eigenvalue weighted by atomic mass is 32.2. The van der Waals surface area contributed by atoms with Gasteiger partial charge in [-0.2, -0.15) is 5.10 Å². The third-order valence-electron chi connectivity index (χ3n) is 1.51. The lowest BCUT2D eigenvalue weighted by Gasteiger charge is -2.18. The van der Waals surface area contributed by atoms with Crippen molar-refractivity contribution < 1.29 is 13.3 Å². The lowest BCUT2D eigenvalue weighted by atomic mass is 10.2. The molecule has 7 heteroatoms. The summed E-state index contributed by atoms with van der Waals surface area (Å²) in [5.74, 6) is 0.